The second-order valence-electron chi connectivity index (χ2n) is 16.7. The monoisotopic (exact) mass is 851 g/mol. The van der Waals surface area contributed by atoms with E-state index >= 15 is 0 Å². The van der Waals surface area contributed by atoms with Gasteiger partial charge in [-0.2, -0.15) is 0 Å². The van der Waals surface area contributed by atoms with Gasteiger partial charge in [-0.1, -0.05) is 43.2 Å². The molecule has 0 saturated carbocycles. The highest BCUT2D eigenvalue weighted by molar-refractivity contribution is 7.90. The van der Waals surface area contributed by atoms with Crippen LogP contribution in [0.25, 0.3) is 16.6 Å². The Bertz CT molecular complexity index is 2510. The number of nitrogens with zero attached hydrogens (tertiary/aromatic N) is 4. The van der Waals surface area contributed by atoms with E-state index in [0.717, 1.165) is 87.0 Å². The number of ether oxygens (including phenoxy) is 2. The third kappa shape index (κ3) is 9.68. The van der Waals surface area contributed by atoms with Gasteiger partial charge in [0.05, 0.1) is 22.3 Å². The number of halogens is 1. The molecule has 3 N–H and O–H groups in total. The van der Waals surface area contributed by atoms with E-state index in [1.807, 2.05) is 24.3 Å². The maximum atomic E-state index is 13.9. The van der Waals surface area contributed by atoms with Gasteiger partial charge in [-0.25, -0.2) is 18.1 Å². The van der Waals surface area contributed by atoms with E-state index in [-0.39, 0.29) is 27.3 Å². The smallest absolute Gasteiger partial charge is 0.268 e. The third-order valence-corrected chi connectivity index (χ3v) is 13.5. The first-order chi connectivity index (χ1) is 28.9. The number of carbonyl (C=O) groups is 1. The number of nitrogens with one attached hydrogen (secondary N) is 3. The number of allylic oxidation sites excluding steroid dienone is 1. The van der Waals surface area contributed by atoms with E-state index in [9.17, 15) is 18.1 Å². The molecule has 0 spiro atoms. The van der Waals surface area contributed by atoms with Crippen molar-refractivity contribution in [3.8, 4) is 11.5 Å². The van der Waals surface area contributed by atoms with Crippen molar-refractivity contribution < 1.29 is 22.7 Å². The fourth-order valence-corrected chi connectivity index (χ4v) is 9.44. The number of anilines is 2. The lowest BCUT2D eigenvalue weighted by Gasteiger charge is -2.39. The maximum Gasteiger partial charge on any atom is 0.268 e. The Morgan fingerprint density at radius 2 is 1.80 bits per heavy atom. The van der Waals surface area contributed by atoms with Crippen molar-refractivity contribution >= 4 is 61.2 Å². The summed E-state index contributed by atoms with van der Waals surface area (Å²) in [5.41, 5.74) is 6.26. The van der Waals surface area contributed by atoms with Crippen LogP contribution >= 0.6 is 11.6 Å². The van der Waals surface area contributed by atoms with E-state index in [1.54, 1.807) is 30.6 Å². The molecule has 3 aromatic carbocycles. The van der Waals surface area contributed by atoms with Crippen molar-refractivity contribution in [3.05, 3.63) is 112 Å². The number of benzene rings is 3. The van der Waals surface area contributed by atoms with E-state index in [2.05, 4.69) is 61.0 Å². The van der Waals surface area contributed by atoms with Gasteiger partial charge >= 0.3 is 0 Å². The lowest BCUT2D eigenvalue weighted by atomic mass is 9.72. The number of nitroso groups, excluding NO2 is 1. The summed E-state index contributed by atoms with van der Waals surface area (Å²) >= 11 is 6.24. The first-order valence-corrected chi connectivity index (χ1v) is 22.3. The largest absolute Gasteiger partial charge is 0.455 e. The topological polar surface area (TPSA) is 158 Å². The number of rotatable bonds is 13. The maximum absolute atomic E-state index is 13.9. The number of hydrogen-bond donors (Lipinski definition) is 3. The van der Waals surface area contributed by atoms with Crippen LogP contribution in [0.2, 0.25) is 5.02 Å². The predicted octanol–water partition coefficient (Wildman–Crippen LogP) is 9.15. The molecular formula is C45H50ClN7O6S. The van der Waals surface area contributed by atoms with Gasteiger partial charge in [-0.3, -0.25) is 9.69 Å². The highest BCUT2D eigenvalue weighted by Gasteiger charge is 2.30. The molecule has 1 amide bonds. The molecule has 0 unspecified atom stereocenters. The lowest BCUT2D eigenvalue weighted by molar-refractivity contribution is 0.0699. The van der Waals surface area contributed by atoms with Crippen LogP contribution in [0.5, 0.6) is 11.5 Å². The summed E-state index contributed by atoms with van der Waals surface area (Å²) in [6.45, 7) is 10.7. The number of hydrogen-bond acceptors (Lipinski definition) is 11. The number of carbonyl (C=O) groups excluding carboxylic acids is 1. The van der Waals surface area contributed by atoms with Crippen molar-refractivity contribution in [2.24, 2.45) is 16.5 Å². The Morgan fingerprint density at radius 3 is 2.57 bits per heavy atom. The molecular weight excluding hydrogens is 802 g/mol. The van der Waals surface area contributed by atoms with Gasteiger partial charge in [0.2, 0.25) is 0 Å². The predicted molar refractivity (Wildman–Crippen MR) is 236 cm³/mol. The normalized spacial score (nSPS) is 17.8. The van der Waals surface area contributed by atoms with Crippen molar-refractivity contribution in [2.45, 2.75) is 50.8 Å². The Kier molecular flexibility index (Phi) is 12.3. The van der Waals surface area contributed by atoms with Crippen LogP contribution in [0, 0.1) is 16.2 Å². The first kappa shape index (κ1) is 41.5. The fraction of sp³-hybridized carbons (Fsp3) is 0.378. The van der Waals surface area contributed by atoms with Gasteiger partial charge in [-0.15, -0.1) is 4.91 Å². The molecule has 2 aromatic heterocycles. The SMILES string of the molecule is CC1(C)CCC(CN2CCN(c3ccc(C(=O)NS(=O)(=O)c4ccc(NCC5CCOCC5)c(N=O)c4)c(Oc4cnc5[nH]ccc5c4)c3)CC2)=C(c2ccc(Cl)cc2)C1. The molecule has 15 heteroatoms. The van der Waals surface area contributed by atoms with Crippen LogP contribution in [0.15, 0.2) is 101 Å². The molecule has 2 saturated heterocycles. The highest BCUT2D eigenvalue weighted by Crippen LogP contribution is 2.43. The Hall–Kier alpha value is -5.28. The summed E-state index contributed by atoms with van der Waals surface area (Å²) in [6.07, 6.45) is 8.33. The number of fused-ring (bicyclic) bond motifs is 1. The van der Waals surface area contributed by atoms with Crippen molar-refractivity contribution in [3.63, 3.8) is 0 Å². The molecule has 60 heavy (non-hydrogen) atoms. The van der Waals surface area contributed by atoms with Gasteiger partial charge in [0.25, 0.3) is 15.9 Å². The zero-order chi connectivity index (χ0) is 41.9. The van der Waals surface area contributed by atoms with E-state index < -0.39 is 15.9 Å². The Labute approximate surface area is 355 Å². The van der Waals surface area contributed by atoms with E-state index in [0.29, 0.717) is 42.8 Å². The highest BCUT2D eigenvalue weighted by atomic mass is 35.5. The molecule has 0 bridgehead atoms. The second-order valence-corrected chi connectivity index (χ2v) is 18.8. The molecule has 0 atom stereocenters. The van der Waals surface area contributed by atoms with E-state index in [4.69, 9.17) is 21.1 Å². The van der Waals surface area contributed by atoms with Gasteiger partial charge in [0.1, 0.15) is 22.8 Å². The summed E-state index contributed by atoms with van der Waals surface area (Å²) in [5, 5.41) is 7.85. The minimum absolute atomic E-state index is 0.0144. The van der Waals surface area contributed by atoms with Crippen LogP contribution in [-0.2, 0) is 14.8 Å². The molecule has 8 rings (SSSR count). The summed E-state index contributed by atoms with van der Waals surface area (Å²) in [7, 11) is -4.42. The molecule has 314 valence electrons. The number of aromatic nitrogens is 2. The van der Waals surface area contributed by atoms with Crippen LogP contribution < -0.4 is 19.7 Å². The van der Waals surface area contributed by atoms with Crippen molar-refractivity contribution in [1.82, 2.24) is 19.6 Å². The summed E-state index contributed by atoms with van der Waals surface area (Å²) in [4.78, 5) is 37.7. The van der Waals surface area contributed by atoms with Gasteiger partial charge in [-0.05, 0) is 114 Å². The van der Waals surface area contributed by atoms with Crippen LogP contribution in [0.1, 0.15) is 61.9 Å². The van der Waals surface area contributed by atoms with Crippen LogP contribution in [0.4, 0.5) is 17.1 Å². The summed E-state index contributed by atoms with van der Waals surface area (Å²) in [5.74, 6) is 0.0256. The molecule has 2 aliphatic heterocycles. The molecule has 3 aliphatic rings. The average Bonchev–Trinajstić information content (AvgIpc) is 3.72. The number of H-pyrrole nitrogens is 1. The summed E-state index contributed by atoms with van der Waals surface area (Å²) < 4.78 is 41.2. The molecule has 4 heterocycles. The van der Waals surface area contributed by atoms with Crippen LogP contribution in [0.3, 0.4) is 0 Å². The average molecular weight is 852 g/mol. The second kappa shape index (κ2) is 17.7. The fourth-order valence-electron chi connectivity index (χ4n) is 8.32. The number of aromatic amines is 1. The quantitative estimate of drug-likeness (QED) is 0.0976. The molecule has 2 fully saturated rings. The zero-order valence-corrected chi connectivity index (χ0v) is 35.4. The minimum atomic E-state index is -4.42. The first-order valence-electron chi connectivity index (χ1n) is 20.5. The number of pyridine rings is 1. The number of amides is 1. The van der Waals surface area contributed by atoms with Crippen molar-refractivity contribution in [1.29, 1.82) is 0 Å². The number of sulfonamides is 1. The number of piperazine rings is 1. The molecule has 1 aliphatic carbocycles. The standard InChI is InChI=1S/C45H50ClN7O6S/c1-45(2)15-11-33(39(26-45)31-3-5-34(46)6-4-31)29-52-17-19-53(20-18-52)35-7-9-38(42(24-35)59-36-23-32-12-16-47-43(32)49-28-36)44(54)51-60(56,57)37-8-10-40(41(25-37)50-55)48-27-30-13-21-58-22-14-30/h3-10,12,16,23-25,28,30,48H,11,13-15,17-22,26-27,29H2,1-2H3,(H,47,49)(H,51,54). The Balaban J connectivity index is 0.995. The lowest BCUT2D eigenvalue weighted by Crippen LogP contribution is -2.47. The zero-order valence-electron chi connectivity index (χ0n) is 33.9. The van der Waals surface area contributed by atoms with Gasteiger partial charge < -0.3 is 24.7 Å². The molecule has 5 aromatic rings. The third-order valence-electron chi connectivity index (χ3n) is 11.9. The Morgan fingerprint density at radius 1 is 1.02 bits per heavy atom. The molecule has 0 radical (unpaired) electrons. The minimum Gasteiger partial charge on any atom is -0.455 e. The van der Waals surface area contributed by atoms with Crippen LogP contribution in [-0.4, -0.2) is 81.7 Å². The summed E-state index contributed by atoms with van der Waals surface area (Å²) in [6, 6.07) is 21.0. The van der Waals surface area contributed by atoms with E-state index in [1.165, 1.54) is 28.8 Å². The molecule has 13 nitrogen and oxygen atoms in total. The van der Waals surface area contributed by atoms with Gasteiger partial charge in [0, 0.05) is 80.8 Å². The van der Waals surface area contributed by atoms with Gasteiger partial charge in [0.15, 0.2) is 0 Å². The van der Waals surface area contributed by atoms with Crippen molar-refractivity contribution in [2.75, 3.05) is 62.7 Å².